The highest BCUT2D eigenvalue weighted by molar-refractivity contribution is 8.17. The number of hydrogen-bond acceptors (Lipinski definition) is 5. The number of allylic oxidation sites excluding steroid dienone is 3. The molecule has 0 radical (unpaired) electrons. The van der Waals surface area contributed by atoms with E-state index in [1.54, 1.807) is 0 Å². The first-order chi connectivity index (χ1) is 10.1. The summed E-state index contributed by atoms with van der Waals surface area (Å²) in [7, 11) is 0. The monoisotopic (exact) mass is 296 g/mol. The summed E-state index contributed by atoms with van der Waals surface area (Å²) in [4.78, 5) is 0. The molecular formula is C16H16N4S. The summed E-state index contributed by atoms with van der Waals surface area (Å²) in [5, 5.41) is 27.8. The molecule has 2 fully saturated rings. The molecule has 1 heterocycles. The topological polar surface area (TPSA) is 97.4 Å². The van der Waals surface area contributed by atoms with Crippen molar-refractivity contribution in [2.24, 2.45) is 40.7 Å². The minimum absolute atomic E-state index is 0.189. The molecule has 21 heavy (non-hydrogen) atoms. The predicted molar refractivity (Wildman–Crippen MR) is 80.6 cm³/mol. The molecule has 0 aromatic carbocycles. The lowest BCUT2D eigenvalue weighted by Crippen LogP contribution is -2.35. The zero-order valence-corrected chi connectivity index (χ0v) is 12.4. The lowest BCUT2D eigenvalue weighted by molar-refractivity contribution is 0.279. The summed E-state index contributed by atoms with van der Waals surface area (Å²) < 4.78 is 0. The van der Waals surface area contributed by atoms with E-state index in [4.69, 9.17) is 11.1 Å². The van der Waals surface area contributed by atoms with Gasteiger partial charge in [-0.2, -0.15) is 10.5 Å². The van der Waals surface area contributed by atoms with E-state index in [1.165, 1.54) is 12.8 Å². The SMILES string of the molecule is N#CC1=C(N)SC(=N)[C@@H](C#N)[C@H]1[C@@H]1C[C@H]2C=C[C@H]1C21CC1. The van der Waals surface area contributed by atoms with Crippen molar-refractivity contribution in [3.63, 3.8) is 0 Å². The number of nitrogens with two attached hydrogens (primary N) is 1. The van der Waals surface area contributed by atoms with Crippen LogP contribution in [0.15, 0.2) is 22.8 Å². The van der Waals surface area contributed by atoms with Gasteiger partial charge in [0, 0.05) is 5.92 Å². The number of nitrogens with one attached hydrogen (secondary N) is 1. The van der Waals surface area contributed by atoms with Gasteiger partial charge in [-0.1, -0.05) is 23.9 Å². The zero-order chi connectivity index (χ0) is 14.8. The van der Waals surface area contributed by atoms with Gasteiger partial charge in [0.25, 0.3) is 0 Å². The first-order valence-corrected chi connectivity index (χ1v) is 8.18. The summed E-state index contributed by atoms with van der Waals surface area (Å²) in [6, 6.07) is 4.50. The predicted octanol–water partition coefficient (Wildman–Crippen LogP) is 2.76. The quantitative estimate of drug-likeness (QED) is 0.727. The third kappa shape index (κ3) is 1.53. The van der Waals surface area contributed by atoms with E-state index in [0.29, 0.717) is 38.8 Å². The van der Waals surface area contributed by atoms with Gasteiger partial charge < -0.3 is 5.73 Å². The van der Waals surface area contributed by atoms with E-state index >= 15 is 0 Å². The van der Waals surface area contributed by atoms with E-state index in [2.05, 4.69) is 24.3 Å². The molecule has 1 spiro atoms. The second-order valence-corrected chi connectivity index (χ2v) is 7.72. The van der Waals surface area contributed by atoms with Crippen molar-refractivity contribution in [2.45, 2.75) is 19.3 Å². The van der Waals surface area contributed by atoms with Crippen LogP contribution in [0.1, 0.15) is 19.3 Å². The van der Waals surface area contributed by atoms with E-state index < -0.39 is 5.92 Å². The van der Waals surface area contributed by atoms with E-state index in [1.807, 2.05) is 0 Å². The molecule has 4 rings (SSSR count). The van der Waals surface area contributed by atoms with E-state index in [9.17, 15) is 10.5 Å². The Morgan fingerprint density at radius 2 is 2.10 bits per heavy atom. The maximum atomic E-state index is 9.51. The van der Waals surface area contributed by atoms with Gasteiger partial charge in [-0.25, -0.2) is 0 Å². The first kappa shape index (κ1) is 13.0. The molecule has 3 N–H and O–H groups in total. The van der Waals surface area contributed by atoms with Gasteiger partial charge in [-0.15, -0.1) is 0 Å². The van der Waals surface area contributed by atoms with Crippen LogP contribution in [0.25, 0.3) is 0 Å². The van der Waals surface area contributed by atoms with Gasteiger partial charge in [0.15, 0.2) is 0 Å². The average Bonchev–Trinajstić information content (AvgIpc) is 3.13. The summed E-state index contributed by atoms with van der Waals surface area (Å²) in [5.74, 6) is 0.672. The maximum absolute atomic E-state index is 9.51. The molecule has 5 heteroatoms. The molecule has 2 bridgehead atoms. The van der Waals surface area contributed by atoms with Crippen LogP contribution in [-0.4, -0.2) is 5.04 Å². The fourth-order valence-corrected chi connectivity index (χ4v) is 5.74. The number of rotatable bonds is 1. The standard InChI is InChI=1S/C16H16N4S/c17-6-10-13(11(7-18)15(20)21-14(10)19)9-5-8-1-2-12(9)16(8)3-4-16/h1-2,8-10,12-13,19H,3-5,20H2/t8-,9-,10+,12-,13-/m1/s1. The smallest absolute Gasteiger partial charge is 0.102 e. The van der Waals surface area contributed by atoms with Crippen molar-refractivity contribution in [3.05, 3.63) is 22.8 Å². The molecule has 106 valence electrons. The lowest BCUT2D eigenvalue weighted by atomic mass is 9.71. The van der Waals surface area contributed by atoms with Crippen LogP contribution in [-0.2, 0) is 0 Å². The van der Waals surface area contributed by atoms with Gasteiger partial charge in [0.2, 0.25) is 0 Å². The Kier molecular flexibility index (Phi) is 2.56. The zero-order valence-electron chi connectivity index (χ0n) is 11.5. The van der Waals surface area contributed by atoms with Crippen LogP contribution in [0.4, 0.5) is 0 Å². The molecule has 0 aromatic heterocycles. The molecule has 1 aliphatic heterocycles. The molecule has 0 saturated heterocycles. The van der Waals surface area contributed by atoms with Crippen molar-refractivity contribution in [2.75, 3.05) is 0 Å². The van der Waals surface area contributed by atoms with Crippen LogP contribution in [0, 0.1) is 63.1 Å². The van der Waals surface area contributed by atoms with Crippen LogP contribution in [0.3, 0.4) is 0 Å². The number of nitrogens with zero attached hydrogens (tertiary/aromatic N) is 2. The molecule has 5 atom stereocenters. The Labute approximate surface area is 128 Å². The summed E-state index contributed by atoms with van der Waals surface area (Å²) >= 11 is 1.08. The average molecular weight is 296 g/mol. The Bertz CT molecular complexity index is 673. The molecule has 0 amide bonds. The van der Waals surface area contributed by atoms with Gasteiger partial charge in [0.1, 0.15) is 5.92 Å². The van der Waals surface area contributed by atoms with Crippen molar-refractivity contribution in [1.29, 1.82) is 15.9 Å². The van der Waals surface area contributed by atoms with Gasteiger partial charge in [0.05, 0.1) is 27.8 Å². The largest absolute Gasteiger partial charge is 0.392 e. The van der Waals surface area contributed by atoms with E-state index in [-0.39, 0.29) is 5.92 Å². The van der Waals surface area contributed by atoms with Crippen molar-refractivity contribution >= 4 is 16.8 Å². The second-order valence-electron chi connectivity index (χ2n) is 6.64. The maximum Gasteiger partial charge on any atom is 0.102 e. The lowest BCUT2D eigenvalue weighted by Gasteiger charge is -2.35. The molecule has 3 aliphatic carbocycles. The van der Waals surface area contributed by atoms with Gasteiger partial charge >= 0.3 is 0 Å². The minimum atomic E-state index is -0.509. The Hall–Kier alpha value is -1.72. The molecule has 2 saturated carbocycles. The summed E-state index contributed by atoms with van der Waals surface area (Å²) in [6.45, 7) is 0. The summed E-state index contributed by atoms with van der Waals surface area (Å²) in [5.41, 5.74) is 6.96. The van der Waals surface area contributed by atoms with Crippen molar-refractivity contribution in [3.8, 4) is 12.1 Å². The molecule has 0 aromatic rings. The van der Waals surface area contributed by atoms with Crippen LogP contribution < -0.4 is 5.73 Å². The molecule has 0 unspecified atom stereocenters. The highest BCUT2D eigenvalue weighted by atomic mass is 32.2. The van der Waals surface area contributed by atoms with Crippen LogP contribution in [0.5, 0.6) is 0 Å². The second kappa shape index (κ2) is 4.15. The van der Waals surface area contributed by atoms with Crippen LogP contribution >= 0.6 is 11.8 Å². The highest BCUT2D eigenvalue weighted by Gasteiger charge is 2.65. The van der Waals surface area contributed by atoms with Gasteiger partial charge in [-0.3, -0.25) is 5.41 Å². The molecule has 4 aliphatic rings. The van der Waals surface area contributed by atoms with Crippen LogP contribution in [0.2, 0.25) is 0 Å². The number of thioether (sulfide) groups is 1. The number of hydrogen-bond donors (Lipinski definition) is 2. The Morgan fingerprint density at radius 1 is 1.33 bits per heavy atom. The summed E-state index contributed by atoms with van der Waals surface area (Å²) in [6.07, 6.45) is 8.21. The Morgan fingerprint density at radius 3 is 2.67 bits per heavy atom. The fourth-order valence-electron chi connectivity index (χ4n) is 4.89. The third-order valence-corrected chi connectivity index (χ3v) is 6.86. The van der Waals surface area contributed by atoms with Gasteiger partial charge in [-0.05, 0) is 42.4 Å². The normalized spacial score (nSPS) is 42.2. The third-order valence-electron chi connectivity index (χ3n) is 5.95. The fraction of sp³-hybridized carbons (Fsp3) is 0.562. The minimum Gasteiger partial charge on any atom is -0.392 e. The number of nitriles is 2. The highest BCUT2D eigenvalue weighted by Crippen LogP contribution is 2.72. The van der Waals surface area contributed by atoms with Crippen molar-refractivity contribution < 1.29 is 0 Å². The Balaban J connectivity index is 1.77. The molecular weight excluding hydrogens is 280 g/mol. The van der Waals surface area contributed by atoms with E-state index in [0.717, 1.165) is 18.2 Å². The first-order valence-electron chi connectivity index (χ1n) is 7.36. The van der Waals surface area contributed by atoms with Crippen molar-refractivity contribution in [1.82, 2.24) is 0 Å². The molecule has 4 nitrogen and oxygen atoms in total.